The molecule has 0 unspecified atom stereocenters. The van der Waals surface area contributed by atoms with Gasteiger partial charge in [0.15, 0.2) is 0 Å². The number of aromatic amines is 1. The first-order chi connectivity index (χ1) is 13.9. The van der Waals surface area contributed by atoms with Crippen LogP contribution in [-0.2, 0) is 29.5 Å². The Morgan fingerprint density at radius 3 is 2.63 bits per heavy atom. The molecule has 3 heterocycles. The summed E-state index contributed by atoms with van der Waals surface area (Å²) in [5.74, 6) is 0. The van der Waals surface area contributed by atoms with Crippen LogP contribution in [0, 0.1) is 0 Å². The van der Waals surface area contributed by atoms with Crippen LogP contribution in [0.15, 0.2) is 55.0 Å². The van der Waals surface area contributed by atoms with E-state index < -0.39 is 10.0 Å². The summed E-state index contributed by atoms with van der Waals surface area (Å²) in [6.07, 6.45) is 5.27. The van der Waals surface area contributed by atoms with Gasteiger partial charge in [0.25, 0.3) is 0 Å². The van der Waals surface area contributed by atoms with Gasteiger partial charge >= 0.3 is 0 Å². The van der Waals surface area contributed by atoms with Crippen LogP contribution in [0.2, 0.25) is 5.15 Å². The second-order valence-electron chi connectivity index (χ2n) is 7.21. The Labute approximate surface area is 187 Å². The Morgan fingerprint density at radius 1 is 1.20 bits per heavy atom. The summed E-state index contributed by atoms with van der Waals surface area (Å²) in [5, 5.41) is 0.347. The molecule has 0 bridgehead atoms. The second kappa shape index (κ2) is 9.34. The van der Waals surface area contributed by atoms with E-state index in [-0.39, 0.29) is 25.0 Å². The first-order valence-corrected chi connectivity index (χ1v) is 11.5. The lowest BCUT2D eigenvalue weighted by Crippen LogP contribution is -2.45. The van der Waals surface area contributed by atoms with Gasteiger partial charge in [0.1, 0.15) is 5.15 Å². The van der Waals surface area contributed by atoms with Gasteiger partial charge in [0.2, 0.25) is 10.0 Å². The number of rotatable bonds is 5. The molecule has 2 aromatic heterocycles. The minimum atomic E-state index is -3.46. The molecule has 0 aliphatic carbocycles. The van der Waals surface area contributed by atoms with Crippen molar-refractivity contribution in [2.75, 3.05) is 17.7 Å². The van der Waals surface area contributed by atoms with Crippen LogP contribution >= 0.6 is 24.0 Å². The molecule has 1 aromatic carbocycles. The maximum Gasteiger partial charge on any atom is 0.211 e. The Bertz CT molecular complexity index is 1080. The van der Waals surface area contributed by atoms with Gasteiger partial charge < -0.3 is 9.88 Å². The molecular formula is C20H23Cl2N5O2S. The van der Waals surface area contributed by atoms with Crippen molar-refractivity contribution in [3.05, 3.63) is 77.1 Å². The molecule has 160 valence electrons. The minimum absolute atomic E-state index is 0. The molecule has 0 spiro atoms. The van der Waals surface area contributed by atoms with Crippen molar-refractivity contribution in [1.29, 1.82) is 0 Å². The van der Waals surface area contributed by atoms with Crippen LogP contribution in [0.4, 0.5) is 5.69 Å². The standard InChI is InChI=1S/C20H22ClN5O2S.ClH/c1-29(27,28)26-13-18-19(7-8-20(21)24-18)25(11-16-10-22-14-23-16)12-17(26)9-15-5-3-2-4-6-15;/h2-8,10,14,17H,9,11-13H2,1H3,(H,22,23);1H/t17-;/m1./s1. The molecule has 1 aliphatic rings. The SMILES string of the molecule is CS(=O)(=O)N1Cc2nc(Cl)ccc2N(Cc2cnc[nH]2)C[C@H]1Cc1ccccc1.Cl. The predicted molar refractivity (Wildman–Crippen MR) is 120 cm³/mol. The zero-order chi connectivity index (χ0) is 20.4. The summed E-state index contributed by atoms with van der Waals surface area (Å²) in [5.41, 5.74) is 3.56. The van der Waals surface area contributed by atoms with Gasteiger partial charge in [-0.1, -0.05) is 41.9 Å². The summed E-state index contributed by atoms with van der Waals surface area (Å²) in [6, 6.07) is 13.3. The van der Waals surface area contributed by atoms with Crippen molar-refractivity contribution in [1.82, 2.24) is 19.3 Å². The fourth-order valence-corrected chi connectivity index (χ4v) is 4.96. The maximum absolute atomic E-state index is 12.7. The number of H-pyrrole nitrogens is 1. The van der Waals surface area contributed by atoms with E-state index in [4.69, 9.17) is 11.6 Å². The summed E-state index contributed by atoms with van der Waals surface area (Å²) in [4.78, 5) is 13.8. The highest BCUT2D eigenvalue weighted by molar-refractivity contribution is 7.88. The molecule has 0 radical (unpaired) electrons. The van der Waals surface area contributed by atoms with Crippen molar-refractivity contribution in [3.8, 4) is 0 Å². The molecule has 0 amide bonds. The highest BCUT2D eigenvalue weighted by Crippen LogP contribution is 2.31. The number of nitrogens with one attached hydrogen (secondary N) is 1. The molecule has 0 fully saturated rings. The number of aromatic nitrogens is 3. The van der Waals surface area contributed by atoms with Crippen molar-refractivity contribution in [2.24, 2.45) is 0 Å². The van der Waals surface area contributed by atoms with Crippen LogP contribution < -0.4 is 4.90 Å². The Kier molecular flexibility index (Phi) is 7.02. The lowest BCUT2D eigenvalue weighted by molar-refractivity contribution is 0.318. The van der Waals surface area contributed by atoms with E-state index in [9.17, 15) is 8.42 Å². The van der Waals surface area contributed by atoms with E-state index >= 15 is 0 Å². The summed E-state index contributed by atoms with van der Waals surface area (Å²) < 4.78 is 26.9. The van der Waals surface area contributed by atoms with E-state index in [2.05, 4.69) is 19.9 Å². The third-order valence-electron chi connectivity index (χ3n) is 5.06. The highest BCUT2D eigenvalue weighted by atomic mass is 35.5. The Balaban J connectivity index is 0.00000256. The zero-order valence-electron chi connectivity index (χ0n) is 16.4. The van der Waals surface area contributed by atoms with Crippen LogP contribution in [0.1, 0.15) is 17.0 Å². The van der Waals surface area contributed by atoms with Gasteiger partial charge in [0, 0.05) is 18.8 Å². The van der Waals surface area contributed by atoms with E-state index in [0.29, 0.717) is 30.4 Å². The number of hydrogen-bond acceptors (Lipinski definition) is 5. The molecular weight excluding hydrogens is 445 g/mol. The largest absolute Gasteiger partial charge is 0.363 e. The quantitative estimate of drug-likeness (QED) is 0.582. The van der Waals surface area contributed by atoms with Crippen LogP contribution in [0.5, 0.6) is 0 Å². The molecule has 1 N–H and O–H groups in total. The highest BCUT2D eigenvalue weighted by Gasteiger charge is 2.34. The van der Waals surface area contributed by atoms with E-state index in [1.165, 1.54) is 10.6 Å². The zero-order valence-corrected chi connectivity index (χ0v) is 18.8. The van der Waals surface area contributed by atoms with Gasteiger partial charge in [-0.3, -0.25) is 0 Å². The fourth-order valence-electron chi connectivity index (χ4n) is 3.76. The number of fused-ring (bicyclic) bond motifs is 1. The van der Waals surface area contributed by atoms with Crippen LogP contribution in [0.25, 0.3) is 0 Å². The Hall–Kier alpha value is -2.13. The molecule has 0 saturated carbocycles. The summed E-state index contributed by atoms with van der Waals surface area (Å²) in [7, 11) is -3.46. The number of anilines is 1. The van der Waals surface area contributed by atoms with Gasteiger partial charge in [-0.15, -0.1) is 12.4 Å². The maximum atomic E-state index is 12.7. The van der Waals surface area contributed by atoms with Crippen molar-refractivity contribution >= 4 is 39.7 Å². The van der Waals surface area contributed by atoms with Crippen molar-refractivity contribution in [3.63, 3.8) is 0 Å². The molecule has 0 saturated heterocycles. The van der Waals surface area contributed by atoms with Gasteiger partial charge in [-0.05, 0) is 24.1 Å². The topological polar surface area (TPSA) is 82.2 Å². The first-order valence-electron chi connectivity index (χ1n) is 9.28. The third kappa shape index (κ3) is 5.13. The van der Waals surface area contributed by atoms with Gasteiger partial charge in [0.05, 0.1) is 42.7 Å². The average Bonchev–Trinajstić information content (AvgIpc) is 3.13. The first kappa shape index (κ1) is 22.6. The number of nitrogens with zero attached hydrogens (tertiary/aromatic N) is 4. The average molecular weight is 468 g/mol. The molecule has 4 rings (SSSR count). The molecule has 7 nitrogen and oxygen atoms in total. The van der Waals surface area contributed by atoms with Crippen LogP contribution in [0.3, 0.4) is 0 Å². The molecule has 1 aliphatic heterocycles. The minimum Gasteiger partial charge on any atom is -0.363 e. The van der Waals surface area contributed by atoms with E-state index in [1.54, 1.807) is 18.6 Å². The normalized spacial score (nSPS) is 17.1. The summed E-state index contributed by atoms with van der Waals surface area (Å²) in [6.45, 7) is 1.28. The van der Waals surface area contributed by atoms with Crippen molar-refractivity contribution in [2.45, 2.75) is 25.6 Å². The molecule has 30 heavy (non-hydrogen) atoms. The number of imidazole rings is 1. The number of halogens is 2. The monoisotopic (exact) mass is 467 g/mol. The molecule has 10 heteroatoms. The lowest BCUT2D eigenvalue weighted by atomic mass is 10.1. The van der Waals surface area contributed by atoms with E-state index in [1.807, 2.05) is 36.4 Å². The van der Waals surface area contributed by atoms with Gasteiger partial charge in [-0.2, -0.15) is 4.31 Å². The fraction of sp³-hybridized carbons (Fsp3) is 0.300. The number of benzene rings is 1. The smallest absolute Gasteiger partial charge is 0.211 e. The number of hydrogen-bond donors (Lipinski definition) is 1. The van der Waals surface area contributed by atoms with Gasteiger partial charge in [-0.25, -0.2) is 18.4 Å². The number of pyridine rings is 1. The van der Waals surface area contributed by atoms with Crippen LogP contribution in [-0.4, -0.2) is 46.5 Å². The third-order valence-corrected chi connectivity index (χ3v) is 6.55. The molecule has 1 atom stereocenters. The predicted octanol–water partition coefficient (Wildman–Crippen LogP) is 3.27. The van der Waals surface area contributed by atoms with Crippen molar-refractivity contribution < 1.29 is 8.42 Å². The molecule has 3 aromatic rings. The van der Waals surface area contributed by atoms with E-state index in [0.717, 1.165) is 16.9 Å². The second-order valence-corrected chi connectivity index (χ2v) is 9.53. The summed E-state index contributed by atoms with van der Waals surface area (Å²) >= 11 is 6.13. The number of sulfonamides is 1. The lowest BCUT2D eigenvalue weighted by Gasteiger charge is -2.31. The Morgan fingerprint density at radius 2 is 1.97 bits per heavy atom.